The Labute approximate surface area is 164 Å². The molecule has 1 aliphatic rings. The zero-order valence-electron chi connectivity index (χ0n) is 15.8. The molecule has 2 aromatic rings. The van der Waals surface area contributed by atoms with E-state index in [4.69, 9.17) is 26.2 Å². The number of ether oxygens (including phenoxy) is 2. The maximum absolute atomic E-state index is 10.8. The first-order chi connectivity index (χ1) is 12.7. The molecule has 1 fully saturated rings. The van der Waals surface area contributed by atoms with E-state index in [1.165, 1.54) is 4.90 Å². The quantitative estimate of drug-likeness (QED) is 0.528. The second-order valence-corrected chi connectivity index (χ2v) is 14.1. The fourth-order valence-electron chi connectivity index (χ4n) is 2.82. The van der Waals surface area contributed by atoms with Crippen molar-refractivity contribution in [3.05, 3.63) is 17.4 Å². The van der Waals surface area contributed by atoms with Gasteiger partial charge in [-0.3, -0.25) is 0 Å². The van der Waals surface area contributed by atoms with E-state index in [2.05, 4.69) is 29.8 Å². The van der Waals surface area contributed by atoms with Crippen LogP contribution in [0, 0.1) is 5.92 Å². The summed E-state index contributed by atoms with van der Waals surface area (Å²) < 4.78 is 13.6. The Bertz CT molecular complexity index is 817. The summed E-state index contributed by atoms with van der Waals surface area (Å²) in [5.74, 6) is 0.849. The second-order valence-electron chi connectivity index (χ2n) is 8.08. The predicted molar refractivity (Wildman–Crippen MR) is 105 cm³/mol. The number of aromatic nitrogens is 3. The zero-order chi connectivity index (χ0) is 19.6. The Hall–Kier alpha value is -1.84. The molecule has 0 aromatic carbocycles. The third kappa shape index (κ3) is 5.11. The summed E-state index contributed by atoms with van der Waals surface area (Å²) in [6.07, 6.45) is 0.957. The molecule has 0 atom stereocenters. The molecule has 0 radical (unpaired) electrons. The van der Waals surface area contributed by atoms with E-state index in [0.29, 0.717) is 49.6 Å². The van der Waals surface area contributed by atoms with Gasteiger partial charge in [0.05, 0.1) is 18.2 Å². The lowest BCUT2D eigenvalue weighted by Crippen LogP contribution is -2.51. The number of amides is 1. The second kappa shape index (κ2) is 8.03. The Morgan fingerprint density at radius 2 is 2.11 bits per heavy atom. The molecular weight excluding hydrogens is 388 g/mol. The van der Waals surface area contributed by atoms with Crippen LogP contribution < -0.4 is 4.74 Å². The maximum atomic E-state index is 10.8. The molecule has 1 amide bonds. The molecule has 2 aromatic heterocycles. The van der Waals surface area contributed by atoms with Crippen LogP contribution in [0.2, 0.25) is 30.8 Å². The van der Waals surface area contributed by atoms with Gasteiger partial charge < -0.3 is 24.0 Å². The van der Waals surface area contributed by atoms with Gasteiger partial charge in [0.15, 0.2) is 10.8 Å². The number of nitrogens with zero attached hydrogens (tertiary/aromatic N) is 4. The first-order valence-corrected chi connectivity index (χ1v) is 13.0. The van der Waals surface area contributed by atoms with Gasteiger partial charge in [0.25, 0.3) is 0 Å². The number of halogens is 1. The molecule has 0 aliphatic carbocycles. The molecule has 1 aliphatic heterocycles. The summed E-state index contributed by atoms with van der Waals surface area (Å²) in [6.45, 7) is 9.45. The molecule has 1 saturated heterocycles. The molecular formula is C17H25ClN4O4Si. The smallest absolute Gasteiger partial charge is 0.407 e. The van der Waals surface area contributed by atoms with Gasteiger partial charge >= 0.3 is 6.09 Å². The van der Waals surface area contributed by atoms with Crippen molar-refractivity contribution in [1.29, 1.82) is 0 Å². The molecule has 0 bridgehead atoms. The van der Waals surface area contributed by atoms with Gasteiger partial charge in [-0.1, -0.05) is 31.2 Å². The molecule has 3 heterocycles. The van der Waals surface area contributed by atoms with Crippen molar-refractivity contribution >= 4 is 36.8 Å². The highest BCUT2D eigenvalue weighted by molar-refractivity contribution is 6.76. The minimum absolute atomic E-state index is 0.192. The van der Waals surface area contributed by atoms with Gasteiger partial charge in [0.1, 0.15) is 12.5 Å². The minimum atomic E-state index is -1.14. The van der Waals surface area contributed by atoms with Gasteiger partial charge in [-0.25, -0.2) is 4.79 Å². The number of carbonyl (C=O) groups is 1. The summed E-state index contributed by atoms with van der Waals surface area (Å²) in [4.78, 5) is 12.2. The highest BCUT2D eigenvalue weighted by atomic mass is 35.5. The largest absolute Gasteiger partial charge is 0.491 e. The van der Waals surface area contributed by atoms with Crippen LogP contribution >= 0.6 is 11.6 Å². The summed E-state index contributed by atoms with van der Waals surface area (Å²) in [5, 5.41) is 18.1. The van der Waals surface area contributed by atoms with Crippen LogP contribution in [-0.2, 0) is 11.5 Å². The van der Waals surface area contributed by atoms with E-state index >= 15 is 0 Å². The molecule has 8 nitrogen and oxygen atoms in total. The van der Waals surface area contributed by atoms with E-state index < -0.39 is 14.2 Å². The first-order valence-electron chi connectivity index (χ1n) is 8.93. The predicted octanol–water partition coefficient (Wildman–Crippen LogP) is 3.39. The molecule has 3 rings (SSSR count). The Balaban J connectivity index is 1.64. The summed E-state index contributed by atoms with van der Waals surface area (Å²) in [7, 11) is -1.14. The average Bonchev–Trinajstić information content (AvgIpc) is 2.86. The summed E-state index contributed by atoms with van der Waals surface area (Å²) in [6, 6.07) is 2.82. The van der Waals surface area contributed by atoms with E-state index in [0.717, 1.165) is 11.4 Å². The number of carboxylic acid groups (broad SMARTS) is 1. The molecule has 10 heteroatoms. The number of fused-ring (bicyclic) bond motifs is 1. The Morgan fingerprint density at radius 1 is 1.37 bits per heavy atom. The van der Waals surface area contributed by atoms with Crippen LogP contribution in [0.4, 0.5) is 4.79 Å². The molecule has 0 spiro atoms. The molecule has 27 heavy (non-hydrogen) atoms. The maximum Gasteiger partial charge on any atom is 0.407 e. The lowest BCUT2D eigenvalue weighted by atomic mass is 10.0. The molecule has 0 saturated carbocycles. The monoisotopic (exact) mass is 412 g/mol. The van der Waals surface area contributed by atoms with Gasteiger partial charge in [-0.2, -0.15) is 0 Å². The summed E-state index contributed by atoms with van der Waals surface area (Å²) >= 11 is 5.99. The molecule has 148 valence electrons. The molecule has 0 unspecified atom stereocenters. The number of likely N-dealkylation sites (tertiary alicyclic amines) is 1. The van der Waals surface area contributed by atoms with Crippen LogP contribution in [0.5, 0.6) is 5.75 Å². The van der Waals surface area contributed by atoms with Crippen molar-refractivity contribution in [2.24, 2.45) is 5.92 Å². The topological polar surface area (TPSA) is 89.7 Å². The molecule has 1 N–H and O–H groups in total. The normalized spacial score (nSPS) is 15.2. The third-order valence-corrected chi connectivity index (χ3v) is 6.37. The minimum Gasteiger partial charge on any atom is -0.491 e. The number of hydrogen-bond acceptors (Lipinski definition) is 5. The van der Waals surface area contributed by atoms with E-state index in [1.807, 2.05) is 10.8 Å². The SMILES string of the molecule is C[Si](C)(C)CCOCn1cc(OCC2CN(C(=O)O)C2)c2cc(Cl)nnc21. The fourth-order valence-corrected chi connectivity index (χ4v) is 3.72. The fraction of sp³-hybridized carbons (Fsp3) is 0.588. The van der Waals surface area contributed by atoms with Gasteiger partial charge in [0.2, 0.25) is 0 Å². The Morgan fingerprint density at radius 3 is 2.78 bits per heavy atom. The first kappa shape index (κ1) is 19.9. The standard InChI is InChI=1S/C17H25ClN4O4Si/c1-27(2,3)5-4-25-11-22-9-14(13-6-15(18)19-20-16(13)22)26-10-12-7-21(8-12)17(23)24/h6,9,12H,4-5,7-8,10-11H2,1-3H3,(H,23,24). The summed E-state index contributed by atoms with van der Waals surface area (Å²) in [5.41, 5.74) is 0.656. The van der Waals surface area contributed by atoms with Crippen molar-refractivity contribution in [1.82, 2.24) is 19.7 Å². The van der Waals surface area contributed by atoms with E-state index in [1.54, 1.807) is 6.07 Å². The van der Waals surface area contributed by atoms with Crippen molar-refractivity contribution in [3.63, 3.8) is 0 Å². The Kier molecular flexibility index (Phi) is 5.92. The highest BCUT2D eigenvalue weighted by Gasteiger charge is 2.31. The van der Waals surface area contributed by atoms with Crippen LogP contribution in [0.25, 0.3) is 11.0 Å². The number of rotatable bonds is 8. The van der Waals surface area contributed by atoms with Crippen molar-refractivity contribution < 1.29 is 19.4 Å². The zero-order valence-corrected chi connectivity index (χ0v) is 17.6. The average molecular weight is 413 g/mol. The number of hydrogen-bond donors (Lipinski definition) is 1. The lowest BCUT2D eigenvalue weighted by molar-refractivity contribution is 0.0584. The van der Waals surface area contributed by atoms with Crippen molar-refractivity contribution in [2.75, 3.05) is 26.3 Å². The highest BCUT2D eigenvalue weighted by Crippen LogP contribution is 2.29. The van der Waals surface area contributed by atoms with Gasteiger partial charge in [0, 0.05) is 33.7 Å². The van der Waals surface area contributed by atoms with Gasteiger partial charge in [-0.05, 0) is 12.1 Å². The van der Waals surface area contributed by atoms with Crippen LogP contribution in [0.15, 0.2) is 12.3 Å². The lowest BCUT2D eigenvalue weighted by Gasteiger charge is -2.36. The van der Waals surface area contributed by atoms with E-state index in [9.17, 15) is 4.79 Å². The van der Waals surface area contributed by atoms with E-state index in [-0.39, 0.29) is 5.92 Å². The van der Waals surface area contributed by atoms with Crippen molar-refractivity contribution in [2.45, 2.75) is 32.4 Å². The van der Waals surface area contributed by atoms with Gasteiger partial charge in [-0.15, -0.1) is 10.2 Å². The van der Waals surface area contributed by atoms with Crippen LogP contribution in [-0.4, -0.2) is 65.2 Å². The van der Waals surface area contributed by atoms with Crippen LogP contribution in [0.3, 0.4) is 0 Å². The van der Waals surface area contributed by atoms with Crippen LogP contribution in [0.1, 0.15) is 0 Å². The van der Waals surface area contributed by atoms with Crippen molar-refractivity contribution in [3.8, 4) is 5.75 Å². The third-order valence-electron chi connectivity index (χ3n) is 4.48.